The van der Waals surface area contributed by atoms with Crippen LogP contribution in [0.4, 0.5) is 4.39 Å². The summed E-state index contributed by atoms with van der Waals surface area (Å²) in [5.41, 5.74) is 0.732. The number of thioether (sulfide) groups is 1. The number of hydrogen-bond donors (Lipinski definition) is 0. The number of rotatable bonds is 4. The van der Waals surface area contributed by atoms with Crippen molar-refractivity contribution in [2.24, 2.45) is 0 Å². The molecule has 2 aromatic heterocycles. The van der Waals surface area contributed by atoms with Gasteiger partial charge in [0.25, 0.3) is 11.5 Å². The van der Waals surface area contributed by atoms with Gasteiger partial charge in [0, 0.05) is 12.1 Å². The maximum atomic E-state index is 13.5. The largest absolute Gasteiger partial charge is 0.278 e. The number of benzene rings is 2. The molecule has 34 heavy (non-hydrogen) atoms. The summed E-state index contributed by atoms with van der Waals surface area (Å²) in [5.74, 6) is -1.21. The fourth-order valence-electron chi connectivity index (χ4n) is 3.97. The van der Waals surface area contributed by atoms with E-state index in [2.05, 4.69) is 0 Å². The highest BCUT2D eigenvalue weighted by molar-refractivity contribution is 8.00. The SMILES string of the molecule is O=C(c1ccc(F)cc1)N1CCCC[C@H](Sc2nc3sccc3c(=O)n2-c2ccccc2)C1=O. The molecular weight excluding hydrogens is 473 g/mol. The summed E-state index contributed by atoms with van der Waals surface area (Å²) >= 11 is 2.59. The third-order valence-corrected chi connectivity index (χ3v) is 7.72. The molecule has 4 aromatic rings. The van der Waals surface area contributed by atoms with Crippen LogP contribution in [0.15, 0.2) is 76.0 Å². The molecule has 172 valence electrons. The number of carbonyl (C=O) groups excluding carboxylic acids is 2. The monoisotopic (exact) mass is 493 g/mol. The van der Waals surface area contributed by atoms with Crippen LogP contribution in [0, 0.1) is 5.82 Å². The van der Waals surface area contributed by atoms with Crippen LogP contribution in [-0.2, 0) is 4.79 Å². The number of carbonyl (C=O) groups is 2. The highest BCUT2D eigenvalue weighted by atomic mass is 32.2. The van der Waals surface area contributed by atoms with Crippen molar-refractivity contribution in [2.75, 3.05) is 6.54 Å². The molecule has 6 nitrogen and oxygen atoms in total. The third kappa shape index (κ3) is 4.28. The molecule has 1 fully saturated rings. The van der Waals surface area contributed by atoms with E-state index in [-0.39, 0.29) is 17.0 Å². The summed E-state index contributed by atoms with van der Waals surface area (Å²) in [6.45, 7) is 0.301. The fraction of sp³-hybridized carbons (Fsp3) is 0.200. The topological polar surface area (TPSA) is 72.3 Å². The minimum atomic E-state index is -0.578. The van der Waals surface area contributed by atoms with Gasteiger partial charge in [0.1, 0.15) is 10.6 Å². The Bertz CT molecular complexity index is 1420. The predicted molar refractivity (Wildman–Crippen MR) is 131 cm³/mol. The van der Waals surface area contributed by atoms with Crippen LogP contribution >= 0.6 is 23.1 Å². The Hall–Kier alpha value is -3.30. The van der Waals surface area contributed by atoms with Gasteiger partial charge in [-0.3, -0.25) is 23.9 Å². The molecule has 1 saturated heterocycles. The van der Waals surface area contributed by atoms with E-state index in [0.717, 1.165) is 6.42 Å². The van der Waals surface area contributed by atoms with Crippen molar-refractivity contribution in [3.05, 3.63) is 87.8 Å². The van der Waals surface area contributed by atoms with Crippen LogP contribution in [0.3, 0.4) is 0 Å². The van der Waals surface area contributed by atoms with Crippen molar-refractivity contribution in [1.82, 2.24) is 14.5 Å². The molecule has 0 bridgehead atoms. The molecule has 0 N–H and O–H groups in total. The van der Waals surface area contributed by atoms with E-state index in [9.17, 15) is 18.8 Å². The smallest absolute Gasteiger partial charge is 0.267 e. The number of likely N-dealkylation sites (tertiary alicyclic amines) is 1. The van der Waals surface area contributed by atoms with Crippen molar-refractivity contribution in [3.8, 4) is 5.69 Å². The summed E-state index contributed by atoms with van der Waals surface area (Å²) in [6.07, 6.45) is 2.00. The van der Waals surface area contributed by atoms with Crippen molar-refractivity contribution in [2.45, 2.75) is 29.7 Å². The average Bonchev–Trinajstić information content (AvgIpc) is 3.25. The molecule has 5 rings (SSSR count). The van der Waals surface area contributed by atoms with Crippen molar-refractivity contribution < 1.29 is 14.0 Å². The van der Waals surface area contributed by atoms with Gasteiger partial charge >= 0.3 is 0 Å². The molecule has 9 heteroatoms. The number of aromatic nitrogens is 2. The second-order valence-electron chi connectivity index (χ2n) is 7.91. The van der Waals surface area contributed by atoms with E-state index in [1.165, 1.54) is 56.8 Å². The summed E-state index contributed by atoms with van der Waals surface area (Å²) in [6, 6.07) is 16.1. The van der Waals surface area contributed by atoms with Gasteiger partial charge in [-0.1, -0.05) is 36.4 Å². The van der Waals surface area contributed by atoms with Crippen LogP contribution in [0.1, 0.15) is 29.6 Å². The zero-order valence-corrected chi connectivity index (χ0v) is 19.7. The first kappa shape index (κ1) is 22.5. The molecule has 0 aliphatic carbocycles. The number of para-hydroxylation sites is 1. The number of thiophene rings is 1. The Morgan fingerprint density at radius 1 is 1.03 bits per heavy atom. The first-order chi connectivity index (χ1) is 16.5. The maximum absolute atomic E-state index is 13.5. The summed E-state index contributed by atoms with van der Waals surface area (Å²) in [7, 11) is 0. The number of nitrogens with zero attached hydrogens (tertiary/aromatic N) is 3. The molecule has 1 aliphatic rings. The van der Waals surface area contributed by atoms with Crippen molar-refractivity contribution in [1.29, 1.82) is 0 Å². The minimum Gasteiger partial charge on any atom is -0.278 e. The average molecular weight is 494 g/mol. The first-order valence-corrected chi connectivity index (χ1v) is 12.6. The quantitative estimate of drug-likeness (QED) is 0.299. The van der Waals surface area contributed by atoms with Gasteiger partial charge < -0.3 is 0 Å². The summed E-state index contributed by atoms with van der Waals surface area (Å²) in [4.78, 5) is 46.4. The molecular formula is C25H20FN3O3S2. The van der Waals surface area contributed by atoms with Gasteiger partial charge in [-0.15, -0.1) is 11.3 Å². The van der Waals surface area contributed by atoms with Crippen LogP contribution in [0.25, 0.3) is 15.9 Å². The lowest BCUT2D eigenvalue weighted by Gasteiger charge is -2.23. The minimum absolute atomic E-state index is 0.194. The van der Waals surface area contributed by atoms with Gasteiger partial charge in [-0.25, -0.2) is 9.37 Å². The molecule has 0 unspecified atom stereocenters. The van der Waals surface area contributed by atoms with Gasteiger partial charge in [0.05, 0.1) is 16.3 Å². The second kappa shape index (κ2) is 9.52. The lowest BCUT2D eigenvalue weighted by molar-refractivity contribution is -0.127. The highest BCUT2D eigenvalue weighted by Crippen LogP contribution is 2.32. The van der Waals surface area contributed by atoms with Crippen LogP contribution < -0.4 is 5.56 Å². The van der Waals surface area contributed by atoms with E-state index in [1.807, 2.05) is 35.7 Å². The van der Waals surface area contributed by atoms with Crippen LogP contribution in [0.5, 0.6) is 0 Å². The molecule has 2 amide bonds. The number of imide groups is 1. The molecule has 1 atom stereocenters. The summed E-state index contributed by atoms with van der Waals surface area (Å²) in [5, 5.41) is 2.19. The third-order valence-electron chi connectivity index (χ3n) is 5.70. The Morgan fingerprint density at radius 2 is 1.79 bits per heavy atom. The van der Waals surface area contributed by atoms with E-state index in [1.54, 1.807) is 6.07 Å². The standard InChI is InChI=1S/C25H20FN3O3S2/c26-17-11-9-16(10-12-17)22(30)28-14-5-4-8-20(24(28)32)34-25-27-21-19(13-15-33-21)23(31)29(25)18-6-2-1-3-7-18/h1-3,6-7,9-13,15,20H,4-5,8,14H2/t20-/m0/s1. The molecule has 3 heterocycles. The zero-order valence-electron chi connectivity index (χ0n) is 18.0. The maximum Gasteiger partial charge on any atom is 0.267 e. The predicted octanol–water partition coefficient (Wildman–Crippen LogP) is 4.90. The summed E-state index contributed by atoms with van der Waals surface area (Å²) < 4.78 is 14.8. The van der Waals surface area contributed by atoms with E-state index in [4.69, 9.17) is 4.98 Å². The van der Waals surface area contributed by atoms with Gasteiger partial charge in [-0.05, 0) is 60.7 Å². The lowest BCUT2D eigenvalue weighted by atomic mass is 10.2. The van der Waals surface area contributed by atoms with Gasteiger partial charge in [0.15, 0.2) is 5.16 Å². The second-order valence-corrected chi connectivity index (χ2v) is 9.98. The molecule has 0 saturated carbocycles. The van der Waals surface area contributed by atoms with Gasteiger partial charge in [0.2, 0.25) is 5.91 Å². The molecule has 2 aromatic carbocycles. The highest BCUT2D eigenvalue weighted by Gasteiger charge is 2.33. The Balaban J connectivity index is 1.51. The molecule has 0 radical (unpaired) electrons. The Labute approximate surface area is 203 Å². The molecule has 1 aliphatic heterocycles. The van der Waals surface area contributed by atoms with Gasteiger partial charge in [-0.2, -0.15) is 0 Å². The van der Waals surface area contributed by atoms with Crippen LogP contribution in [0.2, 0.25) is 0 Å². The van der Waals surface area contributed by atoms with Crippen molar-refractivity contribution in [3.63, 3.8) is 0 Å². The lowest BCUT2D eigenvalue weighted by Crippen LogP contribution is -2.41. The van der Waals surface area contributed by atoms with E-state index >= 15 is 0 Å². The Kier molecular flexibility index (Phi) is 6.30. The first-order valence-electron chi connectivity index (χ1n) is 10.9. The van der Waals surface area contributed by atoms with E-state index in [0.29, 0.717) is 40.4 Å². The number of hydrogen-bond acceptors (Lipinski definition) is 6. The van der Waals surface area contributed by atoms with Crippen LogP contribution in [-0.4, -0.2) is 38.1 Å². The normalized spacial score (nSPS) is 16.6. The number of halogens is 1. The molecule has 0 spiro atoms. The van der Waals surface area contributed by atoms with E-state index < -0.39 is 17.0 Å². The zero-order chi connectivity index (χ0) is 23.7. The van der Waals surface area contributed by atoms with Crippen molar-refractivity contribution >= 4 is 45.1 Å². The Morgan fingerprint density at radius 3 is 2.56 bits per heavy atom. The number of fused-ring (bicyclic) bond motifs is 1. The number of amides is 2. The fourth-order valence-corrected chi connectivity index (χ4v) is 5.99.